The molecular weight excluding hydrogens is 310 g/mol. The molecule has 0 saturated heterocycles. The van der Waals surface area contributed by atoms with Crippen molar-refractivity contribution in [3.05, 3.63) is 35.9 Å². The van der Waals surface area contributed by atoms with Crippen LogP contribution in [0.5, 0.6) is 0 Å². The second-order valence-electron chi connectivity index (χ2n) is 3.66. The third-order valence-corrected chi connectivity index (χ3v) is 3.33. The van der Waals surface area contributed by atoms with Gasteiger partial charge in [0, 0.05) is 5.75 Å². The van der Waals surface area contributed by atoms with Crippen molar-refractivity contribution in [3.63, 3.8) is 0 Å². The highest BCUT2D eigenvalue weighted by Crippen LogP contribution is 2.12. The van der Waals surface area contributed by atoms with Gasteiger partial charge in [-0.2, -0.15) is 10.2 Å². The number of nitrogens with two attached hydrogens (primary N) is 1. The lowest BCUT2D eigenvalue weighted by atomic mass is 10.2. The molecule has 4 N–H and O–H groups in total. The molecule has 8 heteroatoms. The number of rotatable bonds is 5. The SMILES string of the molecule is CC(/C=N\NC(=S)SCc1ccccc1)=N/NC(N)=S. The largest absolute Gasteiger partial charge is 0.375 e. The monoisotopic (exact) mass is 325 g/mol. The van der Waals surface area contributed by atoms with Gasteiger partial charge in [-0.15, -0.1) is 0 Å². The molecule has 5 nitrogen and oxygen atoms in total. The van der Waals surface area contributed by atoms with E-state index in [-0.39, 0.29) is 5.11 Å². The summed E-state index contributed by atoms with van der Waals surface area (Å²) in [7, 11) is 0. The van der Waals surface area contributed by atoms with Crippen LogP contribution in [0.2, 0.25) is 0 Å². The Labute approximate surface area is 133 Å². The van der Waals surface area contributed by atoms with Crippen molar-refractivity contribution in [3.8, 4) is 0 Å². The molecule has 0 radical (unpaired) electrons. The molecule has 0 fully saturated rings. The van der Waals surface area contributed by atoms with E-state index in [0.29, 0.717) is 10.0 Å². The molecule has 0 atom stereocenters. The minimum atomic E-state index is 0.111. The normalized spacial score (nSPS) is 11.3. The van der Waals surface area contributed by atoms with Gasteiger partial charge in [-0.3, -0.25) is 10.9 Å². The molecule has 20 heavy (non-hydrogen) atoms. The van der Waals surface area contributed by atoms with Crippen molar-refractivity contribution in [2.45, 2.75) is 12.7 Å². The Hall–Kier alpha value is -1.51. The van der Waals surface area contributed by atoms with E-state index in [2.05, 4.69) is 45.4 Å². The maximum absolute atomic E-state index is 5.24. The summed E-state index contributed by atoms with van der Waals surface area (Å²) in [6.07, 6.45) is 1.53. The molecule has 1 aromatic carbocycles. The minimum absolute atomic E-state index is 0.111. The van der Waals surface area contributed by atoms with Gasteiger partial charge in [-0.05, 0) is 24.7 Å². The lowest BCUT2D eigenvalue weighted by Crippen LogP contribution is -2.25. The molecule has 106 valence electrons. The van der Waals surface area contributed by atoms with Crippen LogP contribution < -0.4 is 16.6 Å². The predicted molar refractivity (Wildman–Crippen MR) is 95.0 cm³/mol. The van der Waals surface area contributed by atoms with Gasteiger partial charge >= 0.3 is 0 Å². The Balaban J connectivity index is 2.29. The van der Waals surface area contributed by atoms with Crippen LogP contribution in [0, 0.1) is 0 Å². The zero-order valence-electron chi connectivity index (χ0n) is 10.9. The lowest BCUT2D eigenvalue weighted by Gasteiger charge is -2.02. The first kappa shape index (κ1) is 16.5. The maximum Gasteiger partial charge on any atom is 0.184 e. The summed E-state index contributed by atoms with van der Waals surface area (Å²) < 4.78 is 0.597. The van der Waals surface area contributed by atoms with Crippen molar-refractivity contribution < 1.29 is 0 Å². The highest BCUT2D eigenvalue weighted by Gasteiger charge is 1.97. The zero-order chi connectivity index (χ0) is 14.8. The molecule has 0 amide bonds. The molecule has 0 spiro atoms. The summed E-state index contributed by atoms with van der Waals surface area (Å²) in [5.74, 6) is 0.804. The molecule has 1 aromatic rings. The summed E-state index contributed by atoms with van der Waals surface area (Å²) in [5, 5.41) is 7.96. The Kier molecular flexibility index (Phi) is 7.78. The minimum Gasteiger partial charge on any atom is -0.375 e. The highest BCUT2D eigenvalue weighted by atomic mass is 32.2. The van der Waals surface area contributed by atoms with E-state index in [1.807, 2.05) is 18.2 Å². The maximum atomic E-state index is 5.24. The predicted octanol–water partition coefficient (Wildman–Crippen LogP) is 1.99. The number of thioether (sulfide) groups is 1. The third kappa shape index (κ3) is 7.82. The summed E-state index contributed by atoms with van der Waals surface area (Å²) in [6, 6.07) is 10.1. The Morgan fingerprint density at radius 1 is 1.30 bits per heavy atom. The molecule has 0 heterocycles. The molecule has 1 rings (SSSR count). The van der Waals surface area contributed by atoms with E-state index < -0.39 is 0 Å². The quantitative estimate of drug-likeness (QED) is 0.437. The standard InChI is InChI=1S/C12H15N5S3/c1-9(15-16-11(13)18)7-14-17-12(19)20-8-10-5-3-2-4-6-10/h2-7H,8H2,1H3,(H,17,19)(H3,13,16,18)/b14-7-,15-9-. The van der Waals surface area contributed by atoms with Crippen LogP contribution in [0.3, 0.4) is 0 Å². The number of hydrogen-bond acceptors (Lipinski definition) is 5. The van der Waals surface area contributed by atoms with Crippen LogP contribution in [0.1, 0.15) is 12.5 Å². The van der Waals surface area contributed by atoms with Crippen LogP contribution in [-0.2, 0) is 5.75 Å². The van der Waals surface area contributed by atoms with E-state index in [1.165, 1.54) is 23.5 Å². The van der Waals surface area contributed by atoms with E-state index in [1.54, 1.807) is 6.92 Å². The second-order valence-corrected chi connectivity index (χ2v) is 5.75. The summed E-state index contributed by atoms with van der Waals surface area (Å²) in [4.78, 5) is 0. The van der Waals surface area contributed by atoms with Crippen molar-refractivity contribution in [1.82, 2.24) is 10.9 Å². The second kappa shape index (κ2) is 9.40. The number of hydrogen-bond donors (Lipinski definition) is 3. The van der Waals surface area contributed by atoms with Crippen LogP contribution in [-0.4, -0.2) is 21.4 Å². The van der Waals surface area contributed by atoms with Crippen molar-refractivity contribution in [1.29, 1.82) is 0 Å². The van der Waals surface area contributed by atoms with Crippen molar-refractivity contribution in [2.75, 3.05) is 0 Å². The van der Waals surface area contributed by atoms with E-state index in [9.17, 15) is 0 Å². The highest BCUT2D eigenvalue weighted by molar-refractivity contribution is 8.22. The van der Waals surface area contributed by atoms with E-state index in [0.717, 1.165) is 5.75 Å². The Morgan fingerprint density at radius 3 is 2.65 bits per heavy atom. The Morgan fingerprint density at radius 2 is 2.00 bits per heavy atom. The molecule has 0 aromatic heterocycles. The first-order valence-electron chi connectivity index (χ1n) is 5.67. The molecule has 0 aliphatic carbocycles. The average molecular weight is 325 g/mol. The van der Waals surface area contributed by atoms with Gasteiger partial charge in [0.25, 0.3) is 0 Å². The number of nitrogens with zero attached hydrogens (tertiary/aromatic N) is 2. The Bertz CT molecular complexity index is 513. The smallest absolute Gasteiger partial charge is 0.184 e. The van der Waals surface area contributed by atoms with Crippen LogP contribution in [0.15, 0.2) is 40.5 Å². The van der Waals surface area contributed by atoms with Crippen LogP contribution in [0.4, 0.5) is 0 Å². The van der Waals surface area contributed by atoms with Gasteiger partial charge in [0.1, 0.15) is 0 Å². The summed E-state index contributed by atoms with van der Waals surface area (Å²) in [6.45, 7) is 1.76. The number of nitrogens with one attached hydrogen (secondary N) is 2. The lowest BCUT2D eigenvalue weighted by molar-refractivity contribution is 1.03. The van der Waals surface area contributed by atoms with Gasteiger partial charge in [0.05, 0.1) is 11.9 Å². The van der Waals surface area contributed by atoms with Gasteiger partial charge in [-0.25, -0.2) is 0 Å². The zero-order valence-corrected chi connectivity index (χ0v) is 13.3. The fourth-order valence-electron chi connectivity index (χ4n) is 1.11. The molecule has 0 saturated carbocycles. The molecule has 0 unspecified atom stereocenters. The van der Waals surface area contributed by atoms with Crippen molar-refractivity contribution >= 4 is 57.6 Å². The molecular formula is C12H15N5S3. The average Bonchev–Trinajstić information content (AvgIpc) is 2.44. The van der Waals surface area contributed by atoms with E-state index >= 15 is 0 Å². The van der Waals surface area contributed by atoms with Crippen molar-refractivity contribution in [2.24, 2.45) is 15.9 Å². The summed E-state index contributed by atoms with van der Waals surface area (Å²) >= 11 is 11.3. The van der Waals surface area contributed by atoms with Gasteiger partial charge < -0.3 is 5.73 Å². The first-order chi connectivity index (χ1) is 9.58. The fraction of sp³-hybridized carbons (Fsp3) is 0.167. The topological polar surface area (TPSA) is 74.8 Å². The van der Waals surface area contributed by atoms with Gasteiger partial charge in [0.2, 0.25) is 0 Å². The number of benzene rings is 1. The molecule has 0 aliphatic rings. The first-order valence-corrected chi connectivity index (χ1v) is 7.47. The fourth-order valence-corrected chi connectivity index (χ4v) is 1.99. The van der Waals surface area contributed by atoms with Gasteiger partial charge in [0.15, 0.2) is 9.43 Å². The van der Waals surface area contributed by atoms with Crippen LogP contribution in [0.25, 0.3) is 0 Å². The number of hydrazone groups is 2. The summed E-state index contributed by atoms with van der Waals surface area (Å²) in [5.41, 5.74) is 12.3. The third-order valence-electron chi connectivity index (χ3n) is 1.96. The molecule has 0 bridgehead atoms. The molecule has 0 aliphatic heterocycles. The van der Waals surface area contributed by atoms with Gasteiger partial charge in [-0.1, -0.05) is 54.3 Å². The number of thiocarbonyl (C=S) groups is 2. The van der Waals surface area contributed by atoms with Crippen LogP contribution >= 0.6 is 36.2 Å². The van der Waals surface area contributed by atoms with E-state index in [4.69, 9.17) is 18.0 Å².